The lowest BCUT2D eigenvalue weighted by Crippen LogP contribution is -2.30. The van der Waals surface area contributed by atoms with Gasteiger partial charge in [0.1, 0.15) is 17.3 Å². The molecule has 9 nitrogen and oxygen atoms in total. The van der Waals surface area contributed by atoms with Crippen LogP contribution in [0.1, 0.15) is 19.8 Å². The summed E-state index contributed by atoms with van der Waals surface area (Å²) in [5, 5.41) is 13.5. The molecule has 1 aromatic heterocycles. The van der Waals surface area contributed by atoms with E-state index >= 15 is 0 Å². The number of phenols is 1. The highest BCUT2D eigenvalue weighted by Crippen LogP contribution is 2.43. The van der Waals surface area contributed by atoms with Crippen LogP contribution < -0.4 is 24.3 Å². The molecule has 3 aromatic carbocycles. The number of hydrogen-bond acceptors (Lipinski definition) is 7. The van der Waals surface area contributed by atoms with Gasteiger partial charge in [0.05, 0.1) is 39.8 Å². The van der Waals surface area contributed by atoms with E-state index in [-0.39, 0.29) is 23.3 Å². The third-order valence-corrected chi connectivity index (χ3v) is 6.35. The zero-order chi connectivity index (χ0) is 27.9. The average molecular weight is 532 g/mol. The van der Waals surface area contributed by atoms with Crippen molar-refractivity contribution in [3.8, 4) is 62.7 Å². The molecule has 0 bridgehead atoms. The van der Waals surface area contributed by atoms with E-state index in [1.165, 1.54) is 14.2 Å². The fraction of sp³-hybridized carbons (Fsp3) is 0.267. The van der Waals surface area contributed by atoms with Crippen LogP contribution in [0.5, 0.6) is 28.7 Å². The van der Waals surface area contributed by atoms with Crippen molar-refractivity contribution >= 4 is 6.03 Å². The lowest BCUT2D eigenvalue weighted by atomic mass is 10.0. The third kappa shape index (κ3) is 5.62. The second-order valence-electron chi connectivity index (χ2n) is 8.74. The van der Waals surface area contributed by atoms with Crippen LogP contribution in [0.4, 0.5) is 4.79 Å². The number of hydrogen-bond donors (Lipinski definition) is 2. The minimum atomic E-state index is -0.331. The van der Waals surface area contributed by atoms with Gasteiger partial charge in [-0.15, -0.1) is 0 Å². The number of methoxy groups -OCH3 is 4. The highest BCUT2D eigenvalue weighted by atomic mass is 16.5. The number of rotatable bonds is 10. The number of unbranched alkanes of at least 4 members (excludes halogenated alkanes) is 1. The van der Waals surface area contributed by atoms with E-state index in [0.717, 1.165) is 24.0 Å². The molecule has 0 saturated carbocycles. The quantitative estimate of drug-likeness (QED) is 0.243. The molecule has 4 aromatic rings. The number of nitrogens with zero attached hydrogens (tertiary/aromatic N) is 2. The molecule has 204 valence electrons. The molecule has 39 heavy (non-hydrogen) atoms. The van der Waals surface area contributed by atoms with Crippen molar-refractivity contribution in [2.24, 2.45) is 0 Å². The molecule has 0 aliphatic carbocycles. The van der Waals surface area contributed by atoms with Crippen molar-refractivity contribution in [2.45, 2.75) is 19.8 Å². The molecule has 0 aliphatic rings. The van der Waals surface area contributed by atoms with Crippen LogP contribution in [0, 0.1) is 0 Å². The highest BCUT2D eigenvalue weighted by molar-refractivity contribution is 5.93. The normalized spacial score (nSPS) is 10.7. The van der Waals surface area contributed by atoms with Gasteiger partial charge in [0.2, 0.25) is 5.75 Å². The number of aromatic hydroxyl groups is 1. The third-order valence-electron chi connectivity index (χ3n) is 6.35. The van der Waals surface area contributed by atoms with Crippen molar-refractivity contribution in [1.82, 2.24) is 14.9 Å². The molecule has 0 saturated heterocycles. The fourth-order valence-electron chi connectivity index (χ4n) is 4.25. The number of phenolic OH excluding ortho intramolecular Hbond substituents is 1. The summed E-state index contributed by atoms with van der Waals surface area (Å²) < 4.78 is 23.0. The van der Waals surface area contributed by atoms with Crippen LogP contribution in [0.2, 0.25) is 0 Å². The van der Waals surface area contributed by atoms with E-state index in [4.69, 9.17) is 23.9 Å². The van der Waals surface area contributed by atoms with E-state index in [2.05, 4.69) is 12.2 Å². The summed E-state index contributed by atoms with van der Waals surface area (Å²) in [6, 6.07) is 17.9. The Hall–Kier alpha value is -4.66. The van der Waals surface area contributed by atoms with Crippen molar-refractivity contribution in [3.63, 3.8) is 0 Å². The Labute approximate surface area is 227 Å². The molecular formula is C30H33N3O6. The average Bonchev–Trinajstić information content (AvgIpc) is 3.38. The first kappa shape index (κ1) is 27.4. The number of benzene rings is 3. The lowest BCUT2D eigenvalue weighted by molar-refractivity contribution is 0.243. The first-order valence-electron chi connectivity index (χ1n) is 12.6. The van der Waals surface area contributed by atoms with Crippen LogP contribution >= 0.6 is 0 Å². The summed E-state index contributed by atoms with van der Waals surface area (Å²) in [6.07, 6.45) is 1.77. The van der Waals surface area contributed by atoms with Gasteiger partial charge in [0.15, 0.2) is 11.5 Å². The van der Waals surface area contributed by atoms with Crippen molar-refractivity contribution in [1.29, 1.82) is 0 Å². The summed E-state index contributed by atoms with van der Waals surface area (Å²) in [6.45, 7) is 2.57. The molecule has 0 unspecified atom stereocenters. The summed E-state index contributed by atoms with van der Waals surface area (Å²) in [7, 11) is 6.12. The predicted molar refractivity (Wildman–Crippen MR) is 150 cm³/mol. The molecule has 1 heterocycles. The van der Waals surface area contributed by atoms with Crippen molar-refractivity contribution in [2.75, 3.05) is 35.0 Å². The number of carbonyl (C=O) groups excluding carboxylic acids is 1. The standard InChI is InChI=1S/C30H33N3O6/c1-6-7-16-31-30(35)33-27(20-10-14-23(37-3)15-11-20)26(19-8-12-22(36-2)13-9-19)32-29(33)21-17-24(38-4)28(34)25(18-21)39-5/h8-15,17-18,34H,6-7,16H2,1-5H3,(H,31,35). The first-order chi connectivity index (χ1) is 18.9. The Morgan fingerprint density at radius 3 is 1.85 bits per heavy atom. The number of imidazole rings is 1. The van der Waals surface area contributed by atoms with Gasteiger partial charge in [-0.25, -0.2) is 14.3 Å². The molecule has 1 amide bonds. The molecule has 0 atom stereocenters. The van der Waals surface area contributed by atoms with Crippen LogP contribution in [0.3, 0.4) is 0 Å². The van der Waals surface area contributed by atoms with E-state index in [1.807, 2.05) is 48.5 Å². The van der Waals surface area contributed by atoms with Gasteiger partial charge < -0.3 is 29.4 Å². The van der Waals surface area contributed by atoms with Gasteiger partial charge in [-0.05, 0) is 67.1 Å². The molecule has 0 fully saturated rings. The van der Waals surface area contributed by atoms with Crippen LogP contribution in [0.15, 0.2) is 60.7 Å². The minimum Gasteiger partial charge on any atom is -0.502 e. The molecule has 9 heteroatoms. The van der Waals surface area contributed by atoms with E-state index in [9.17, 15) is 9.90 Å². The summed E-state index contributed by atoms with van der Waals surface area (Å²) >= 11 is 0. The van der Waals surface area contributed by atoms with Gasteiger partial charge in [-0.3, -0.25) is 0 Å². The number of aromatic nitrogens is 2. The summed E-state index contributed by atoms with van der Waals surface area (Å²) in [5.74, 6) is 2.01. The number of ether oxygens (including phenoxy) is 4. The van der Waals surface area contributed by atoms with Crippen LogP contribution in [-0.4, -0.2) is 55.7 Å². The van der Waals surface area contributed by atoms with Crippen molar-refractivity contribution < 1.29 is 28.8 Å². The Kier molecular flexibility index (Phi) is 8.60. The van der Waals surface area contributed by atoms with Crippen molar-refractivity contribution in [3.05, 3.63) is 60.7 Å². The Morgan fingerprint density at radius 2 is 1.36 bits per heavy atom. The second kappa shape index (κ2) is 12.3. The van der Waals surface area contributed by atoms with E-state index in [1.54, 1.807) is 30.9 Å². The first-order valence-corrected chi connectivity index (χ1v) is 12.6. The number of nitrogens with one attached hydrogen (secondary N) is 1. The van der Waals surface area contributed by atoms with Gasteiger partial charge in [0.25, 0.3) is 0 Å². The Balaban J connectivity index is 2.04. The SMILES string of the molecule is CCCCNC(=O)n1c(-c2cc(OC)c(O)c(OC)c2)nc(-c2ccc(OC)cc2)c1-c1ccc(OC)cc1. The molecule has 0 aliphatic heterocycles. The topological polar surface area (TPSA) is 104 Å². The van der Waals surface area contributed by atoms with Gasteiger partial charge in [-0.1, -0.05) is 13.3 Å². The van der Waals surface area contributed by atoms with Gasteiger partial charge in [-0.2, -0.15) is 0 Å². The minimum absolute atomic E-state index is 0.139. The molecular weight excluding hydrogens is 498 g/mol. The maximum atomic E-state index is 13.8. The molecule has 2 N–H and O–H groups in total. The van der Waals surface area contributed by atoms with Crippen LogP contribution in [0.25, 0.3) is 33.9 Å². The summed E-state index contributed by atoms with van der Waals surface area (Å²) in [5.41, 5.74) is 3.28. The zero-order valence-electron chi connectivity index (χ0n) is 22.8. The molecule has 0 spiro atoms. The van der Waals surface area contributed by atoms with Crippen LogP contribution in [-0.2, 0) is 0 Å². The Bertz CT molecular complexity index is 1400. The largest absolute Gasteiger partial charge is 0.502 e. The Morgan fingerprint density at radius 1 is 0.821 bits per heavy atom. The van der Waals surface area contributed by atoms with E-state index in [0.29, 0.717) is 40.8 Å². The molecule has 0 radical (unpaired) electrons. The maximum Gasteiger partial charge on any atom is 0.327 e. The monoisotopic (exact) mass is 531 g/mol. The smallest absolute Gasteiger partial charge is 0.327 e. The molecule has 4 rings (SSSR count). The van der Waals surface area contributed by atoms with Gasteiger partial charge in [0, 0.05) is 23.2 Å². The number of amides is 1. The fourth-order valence-corrected chi connectivity index (χ4v) is 4.25. The van der Waals surface area contributed by atoms with E-state index < -0.39 is 0 Å². The lowest BCUT2D eigenvalue weighted by Gasteiger charge is -2.15. The maximum absolute atomic E-state index is 13.8. The second-order valence-corrected chi connectivity index (χ2v) is 8.74. The predicted octanol–water partition coefficient (Wildman–Crippen LogP) is 5.98. The highest BCUT2D eigenvalue weighted by Gasteiger charge is 2.27. The number of carbonyl (C=O) groups is 1. The zero-order valence-corrected chi connectivity index (χ0v) is 22.8. The van der Waals surface area contributed by atoms with Gasteiger partial charge >= 0.3 is 6.03 Å². The summed E-state index contributed by atoms with van der Waals surface area (Å²) in [4.78, 5) is 18.8.